The number of fused-ring (bicyclic) bond motifs is 1. The van der Waals surface area contributed by atoms with Gasteiger partial charge in [0.1, 0.15) is 11.6 Å². The lowest BCUT2D eigenvalue weighted by Gasteiger charge is -2.27. The number of aromatic nitrogens is 3. The van der Waals surface area contributed by atoms with E-state index in [-0.39, 0.29) is 5.91 Å². The second-order valence-corrected chi connectivity index (χ2v) is 10.1. The number of carbonyl (C=O) groups excluding carboxylic acids is 1. The van der Waals surface area contributed by atoms with Crippen LogP contribution in [0.15, 0.2) is 79.7 Å². The minimum absolute atomic E-state index is 0.312. The molecule has 0 fully saturated rings. The van der Waals surface area contributed by atoms with Crippen LogP contribution in [0.4, 0.5) is 34.5 Å². The summed E-state index contributed by atoms with van der Waals surface area (Å²) < 4.78 is 7.80. The molecule has 0 aliphatic heterocycles. The Morgan fingerprint density at radius 3 is 2.61 bits per heavy atom. The van der Waals surface area contributed by atoms with Crippen molar-refractivity contribution < 1.29 is 9.53 Å². The van der Waals surface area contributed by atoms with Crippen molar-refractivity contribution in [3.8, 4) is 5.75 Å². The molecule has 0 saturated heterocycles. The number of hydrogen-bond donors (Lipinski definition) is 3. The first-order valence-corrected chi connectivity index (χ1v) is 13.3. The van der Waals surface area contributed by atoms with Crippen molar-refractivity contribution in [1.29, 1.82) is 0 Å². The molecule has 0 radical (unpaired) electrons. The molecule has 0 aliphatic rings. The zero-order valence-electron chi connectivity index (χ0n) is 24.4. The molecule has 0 unspecified atom stereocenters. The normalized spacial score (nSPS) is 10.9. The van der Waals surface area contributed by atoms with Crippen molar-refractivity contribution >= 4 is 51.3 Å². The molecule has 0 bridgehead atoms. The summed E-state index contributed by atoms with van der Waals surface area (Å²) in [6, 6.07) is 13.7. The second-order valence-electron chi connectivity index (χ2n) is 10.1. The quantitative estimate of drug-likeness (QED) is 0.147. The fraction of sp³-hybridized carbons (Fsp3) is 0.258. The van der Waals surface area contributed by atoms with Crippen molar-refractivity contribution in [2.45, 2.75) is 6.92 Å². The van der Waals surface area contributed by atoms with Crippen molar-refractivity contribution in [1.82, 2.24) is 19.4 Å². The number of ether oxygens (including phenoxy) is 1. The summed E-state index contributed by atoms with van der Waals surface area (Å²) >= 11 is 0. The molecule has 1 amide bonds. The smallest absolute Gasteiger partial charge is 0.247 e. The summed E-state index contributed by atoms with van der Waals surface area (Å²) in [5.74, 6) is 1.27. The molecule has 10 nitrogen and oxygen atoms in total. The number of likely N-dealkylation sites (N-methyl/N-ethyl adjacent to an activating group) is 2. The highest BCUT2D eigenvalue weighted by Crippen LogP contribution is 2.38. The fourth-order valence-corrected chi connectivity index (χ4v) is 4.60. The largest absolute Gasteiger partial charge is 0.494 e. The maximum Gasteiger partial charge on any atom is 0.247 e. The number of aryl methyl sites for hydroxylation is 1. The molecule has 3 N–H and O–H groups in total. The number of hydrogen-bond acceptors (Lipinski definition) is 8. The van der Waals surface area contributed by atoms with Gasteiger partial charge in [-0.05, 0) is 38.2 Å². The van der Waals surface area contributed by atoms with Crippen molar-refractivity contribution in [2.24, 2.45) is 7.05 Å². The lowest BCUT2D eigenvalue weighted by atomic mass is 10.2. The molecule has 0 aliphatic carbocycles. The Labute approximate surface area is 241 Å². The highest BCUT2D eigenvalue weighted by molar-refractivity contribution is 6.02. The number of carbonyl (C=O) groups is 1. The number of benzene rings is 2. The van der Waals surface area contributed by atoms with Crippen LogP contribution in [0.25, 0.3) is 10.9 Å². The summed E-state index contributed by atoms with van der Waals surface area (Å²) in [5, 5.41) is 10.7. The van der Waals surface area contributed by atoms with Gasteiger partial charge in [-0.25, -0.2) is 4.98 Å². The summed E-state index contributed by atoms with van der Waals surface area (Å²) in [6.07, 6.45) is 4.95. The average Bonchev–Trinajstić information content (AvgIpc) is 3.26. The Balaban J connectivity index is 1.60. The number of para-hydroxylation sites is 1. The van der Waals surface area contributed by atoms with Crippen LogP contribution in [0, 0.1) is 0 Å². The minimum Gasteiger partial charge on any atom is -0.494 e. The van der Waals surface area contributed by atoms with E-state index in [0.29, 0.717) is 28.9 Å². The number of amides is 1. The van der Waals surface area contributed by atoms with Crippen LogP contribution in [0.1, 0.15) is 6.92 Å². The maximum absolute atomic E-state index is 12.3. The van der Waals surface area contributed by atoms with Gasteiger partial charge in [-0.1, -0.05) is 36.9 Å². The van der Waals surface area contributed by atoms with Crippen LogP contribution in [0.2, 0.25) is 0 Å². The lowest BCUT2D eigenvalue weighted by Crippen LogP contribution is -2.32. The van der Waals surface area contributed by atoms with E-state index in [1.165, 1.54) is 6.08 Å². The van der Waals surface area contributed by atoms with Gasteiger partial charge in [-0.15, -0.1) is 0 Å². The Morgan fingerprint density at radius 1 is 1.10 bits per heavy atom. The van der Waals surface area contributed by atoms with Crippen LogP contribution in [0.5, 0.6) is 5.75 Å². The van der Waals surface area contributed by atoms with E-state index in [1.807, 2.05) is 57.5 Å². The van der Waals surface area contributed by atoms with Crippen molar-refractivity contribution in [2.75, 3.05) is 61.7 Å². The molecule has 4 rings (SSSR count). The molecule has 41 heavy (non-hydrogen) atoms. The Kier molecular flexibility index (Phi) is 9.26. The highest BCUT2D eigenvalue weighted by atomic mass is 16.5. The minimum atomic E-state index is -0.312. The van der Waals surface area contributed by atoms with Gasteiger partial charge in [-0.3, -0.25) is 4.79 Å². The SMILES string of the molecule is C=CC(=O)Nc1cc(Nc2nccc(Nc3cn(C)c4ccccc34)n2)c(OC)cc1N(C)CCN(C)CC(=C)C. The van der Waals surface area contributed by atoms with Crippen molar-refractivity contribution in [3.63, 3.8) is 0 Å². The number of anilines is 6. The highest BCUT2D eigenvalue weighted by Gasteiger charge is 2.17. The topological polar surface area (TPSA) is 99.6 Å². The molecule has 2 aromatic carbocycles. The summed E-state index contributed by atoms with van der Waals surface area (Å²) in [7, 11) is 7.65. The van der Waals surface area contributed by atoms with Gasteiger partial charge in [0.15, 0.2) is 0 Å². The fourth-order valence-electron chi connectivity index (χ4n) is 4.60. The van der Waals surface area contributed by atoms with Gasteiger partial charge in [-0.2, -0.15) is 4.98 Å². The first-order valence-electron chi connectivity index (χ1n) is 13.3. The predicted molar refractivity (Wildman–Crippen MR) is 169 cm³/mol. The van der Waals surface area contributed by atoms with E-state index in [2.05, 4.69) is 72.6 Å². The Hall–Kier alpha value is -4.83. The van der Waals surface area contributed by atoms with Gasteiger partial charge in [0, 0.05) is 63.1 Å². The number of nitrogens with zero attached hydrogens (tertiary/aromatic N) is 5. The molecule has 2 heterocycles. The zero-order valence-corrected chi connectivity index (χ0v) is 24.4. The lowest BCUT2D eigenvalue weighted by molar-refractivity contribution is -0.111. The van der Waals surface area contributed by atoms with Gasteiger partial charge in [0.2, 0.25) is 11.9 Å². The van der Waals surface area contributed by atoms with Gasteiger partial charge in [0.25, 0.3) is 0 Å². The van der Waals surface area contributed by atoms with E-state index < -0.39 is 0 Å². The zero-order chi connectivity index (χ0) is 29.5. The van der Waals surface area contributed by atoms with Crippen LogP contribution in [0.3, 0.4) is 0 Å². The molecule has 214 valence electrons. The van der Waals surface area contributed by atoms with Crippen LogP contribution < -0.4 is 25.6 Å². The van der Waals surface area contributed by atoms with E-state index in [4.69, 9.17) is 4.74 Å². The first kappa shape index (κ1) is 29.2. The molecule has 0 spiro atoms. The molecule has 0 saturated carbocycles. The van der Waals surface area contributed by atoms with E-state index >= 15 is 0 Å². The third kappa shape index (κ3) is 7.23. The average molecular weight is 555 g/mol. The predicted octanol–water partition coefficient (Wildman–Crippen LogP) is 5.53. The molecule has 0 atom stereocenters. The van der Waals surface area contributed by atoms with Crippen LogP contribution in [-0.2, 0) is 11.8 Å². The number of rotatable bonds is 13. The van der Waals surface area contributed by atoms with Gasteiger partial charge in [0.05, 0.1) is 29.9 Å². The maximum atomic E-state index is 12.3. The second kappa shape index (κ2) is 13.0. The van der Waals surface area contributed by atoms with Crippen molar-refractivity contribution in [3.05, 3.63) is 79.7 Å². The standard InChI is InChI=1S/C31H38N8O2/c1-8-30(40)34-23-17-24(28(41-7)18-27(23)38(5)16-15-37(4)19-21(2)3)35-31-32-14-13-29(36-31)33-25-20-39(6)26-12-10-9-11-22(25)26/h8-14,17-18,20H,1-2,15-16,19H2,3-7H3,(H,34,40)(H2,32,33,35,36). The molecule has 10 heteroatoms. The first-order chi connectivity index (χ1) is 19.7. The van der Waals surface area contributed by atoms with E-state index in [0.717, 1.165) is 47.5 Å². The molecular formula is C31H38N8O2. The van der Waals surface area contributed by atoms with Crippen LogP contribution in [-0.4, -0.2) is 66.2 Å². The molecule has 2 aromatic heterocycles. The van der Waals surface area contributed by atoms with E-state index in [1.54, 1.807) is 13.3 Å². The van der Waals surface area contributed by atoms with Crippen LogP contribution >= 0.6 is 0 Å². The third-order valence-electron chi connectivity index (χ3n) is 6.59. The Bertz CT molecular complexity index is 1560. The van der Waals surface area contributed by atoms with Gasteiger partial charge < -0.3 is 35.1 Å². The monoisotopic (exact) mass is 554 g/mol. The summed E-state index contributed by atoms with van der Waals surface area (Å²) in [5.41, 5.74) is 5.18. The summed E-state index contributed by atoms with van der Waals surface area (Å²) in [6.45, 7) is 12.0. The number of nitrogens with one attached hydrogen (secondary N) is 3. The third-order valence-corrected chi connectivity index (χ3v) is 6.59. The Morgan fingerprint density at radius 2 is 1.88 bits per heavy atom. The molecular weight excluding hydrogens is 516 g/mol. The van der Waals surface area contributed by atoms with E-state index in [9.17, 15) is 4.79 Å². The van der Waals surface area contributed by atoms with Gasteiger partial charge >= 0.3 is 0 Å². The molecule has 4 aromatic rings. The number of methoxy groups -OCH3 is 1. The summed E-state index contributed by atoms with van der Waals surface area (Å²) in [4.78, 5) is 25.7.